The Morgan fingerprint density at radius 3 is 2.29 bits per heavy atom. The van der Waals surface area contributed by atoms with E-state index >= 15 is 0 Å². The van der Waals surface area contributed by atoms with E-state index in [0.717, 1.165) is 11.2 Å². The molecule has 0 unspecified atom stereocenters. The van der Waals surface area contributed by atoms with Crippen molar-refractivity contribution in [3.63, 3.8) is 0 Å². The van der Waals surface area contributed by atoms with Crippen LogP contribution in [0.3, 0.4) is 0 Å². The third-order valence-electron chi connectivity index (χ3n) is 6.91. The molecule has 1 nitrogen and oxygen atoms in total. The van der Waals surface area contributed by atoms with Gasteiger partial charge in [-0.05, 0) is 64.5 Å². The molecule has 0 amide bonds. The number of rotatable bonds is 2. The van der Waals surface area contributed by atoms with Crippen LogP contribution in [-0.4, -0.2) is 0 Å². The summed E-state index contributed by atoms with van der Waals surface area (Å²) >= 11 is 3.72. The van der Waals surface area contributed by atoms with Gasteiger partial charge in [-0.25, -0.2) is 0 Å². The van der Waals surface area contributed by atoms with Crippen molar-refractivity contribution in [1.82, 2.24) is 0 Å². The summed E-state index contributed by atoms with van der Waals surface area (Å²) in [4.78, 5) is 5.21. The van der Waals surface area contributed by atoms with Crippen molar-refractivity contribution in [2.45, 2.75) is 9.79 Å². The number of fused-ring (bicyclic) bond motifs is 5. The third kappa shape index (κ3) is 2.89. The van der Waals surface area contributed by atoms with Gasteiger partial charge in [0, 0.05) is 41.3 Å². The molecule has 7 aromatic rings. The van der Waals surface area contributed by atoms with Gasteiger partial charge in [0.05, 0.1) is 0 Å². The van der Waals surface area contributed by atoms with Crippen LogP contribution >= 0.6 is 23.1 Å². The molecule has 8 rings (SSSR count). The molecule has 5 aromatic carbocycles. The molecule has 0 fully saturated rings. The largest absolute Gasteiger partial charge is 0.456 e. The summed E-state index contributed by atoms with van der Waals surface area (Å²) in [5, 5.41) is 5.05. The predicted molar refractivity (Wildman–Crippen MR) is 150 cm³/mol. The molecule has 1 aliphatic rings. The minimum atomic E-state index is 0.938. The minimum Gasteiger partial charge on any atom is -0.456 e. The quantitative estimate of drug-likeness (QED) is 0.243. The maximum atomic E-state index is 6.13. The Bertz CT molecular complexity index is 1930. The second-order valence-corrected chi connectivity index (χ2v) is 11.1. The van der Waals surface area contributed by atoms with E-state index in [4.69, 9.17) is 4.42 Å². The Morgan fingerprint density at radius 1 is 0.514 bits per heavy atom. The molecule has 0 bridgehead atoms. The molecule has 2 aromatic heterocycles. The summed E-state index contributed by atoms with van der Waals surface area (Å²) in [6.07, 6.45) is 0. The molecule has 35 heavy (non-hydrogen) atoms. The van der Waals surface area contributed by atoms with Crippen molar-refractivity contribution < 1.29 is 4.42 Å². The van der Waals surface area contributed by atoms with Crippen molar-refractivity contribution in [3.05, 3.63) is 109 Å². The Balaban J connectivity index is 1.27. The Kier molecular flexibility index (Phi) is 4.10. The lowest BCUT2D eigenvalue weighted by Gasteiger charge is -2.20. The first-order chi connectivity index (χ1) is 17.3. The van der Waals surface area contributed by atoms with E-state index in [0.29, 0.717) is 0 Å². The third-order valence-corrected chi connectivity index (χ3v) is 9.22. The molecular weight excluding hydrogens is 464 g/mol. The molecule has 0 radical (unpaired) electrons. The summed E-state index contributed by atoms with van der Waals surface area (Å²) in [7, 11) is 0. The molecule has 0 spiro atoms. The molecule has 0 saturated heterocycles. The van der Waals surface area contributed by atoms with Gasteiger partial charge in [0.2, 0.25) is 0 Å². The molecule has 3 heteroatoms. The number of thiophene rings is 1. The van der Waals surface area contributed by atoms with Crippen LogP contribution in [0.2, 0.25) is 0 Å². The zero-order valence-corrected chi connectivity index (χ0v) is 20.3. The van der Waals surface area contributed by atoms with Crippen molar-refractivity contribution in [2.24, 2.45) is 0 Å². The average molecular weight is 483 g/mol. The fourth-order valence-electron chi connectivity index (χ4n) is 5.34. The standard InChI is InChI=1S/C32H18OS2/c1-2-11-25-22(8-1)32-23(10-5-12-26(32)33-25)28-17-16-27(34-28)20-14-15-29-24(18-20)21-9-3-6-19-7-4-13-30(35-29)31(19)21/h1-18H. The van der Waals surface area contributed by atoms with E-state index in [-0.39, 0.29) is 0 Å². The predicted octanol–water partition coefficient (Wildman–Crippen LogP) is 10.3. The highest BCUT2D eigenvalue weighted by atomic mass is 32.2. The lowest BCUT2D eigenvalue weighted by molar-refractivity contribution is 0.669. The van der Waals surface area contributed by atoms with Gasteiger partial charge in [0.15, 0.2) is 0 Å². The SMILES string of the molecule is c1cc2c3c(cccc3c1)-c1cc(-c3ccc(-c4cccc5oc6ccccc6c45)s3)ccc1S2. The summed E-state index contributed by atoms with van der Waals surface area (Å²) in [5.41, 5.74) is 7.04. The van der Waals surface area contributed by atoms with E-state index < -0.39 is 0 Å². The van der Waals surface area contributed by atoms with Crippen LogP contribution in [-0.2, 0) is 0 Å². The summed E-state index contributed by atoms with van der Waals surface area (Å²) in [6, 6.07) is 39.4. The van der Waals surface area contributed by atoms with Crippen LogP contribution in [0.15, 0.2) is 123 Å². The van der Waals surface area contributed by atoms with E-state index in [2.05, 4.69) is 97.1 Å². The van der Waals surface area contributed by atoms with Gasteiger partial charge in [-0.2, -0.15) is 0 Å². The molecule has 1 aliphatic heterocycles. The van der Waals surface area contributed by atoms with Crippen LogP contribution in [0.25, 0.3) is 64.7 Å². The first-order valence-corrected chi connectivity index (χ1v) is 13.3. The first kappa shape index (κ1) is 19.5. The van der Waals surface area contributed by atoms with E-state index in [9.17, 15) is 0 Å². The second kappa shape index (κ2) is 7.35. The minimum absolute atomic E-state index is 0.938. The highest BCUT2D eigenvalue weighted by Gasteiger charge is 2.20. The molecular formula is C32H18OS2. The van der Waals surface area contributed by atoms with Crippen molar-refractivity contribution >= 4 is 55.8 Å². The van der Waals surface area contributed by atoms with E-state index in [1.54, 1.807) is 0 Å². The van der Waals surface area contributed by atoms with Gasteiger partial charge in [-0.15, -0.1) is 11.3 Å². The van der Waals surface area contributed by atoms with Gasteiger partial charge >= 0.3 is 0 Å². The number of furan rings is 1. The maximum absolute atomic E-state index is 6.13. The van der Waals surface area contributed by atoms with Crippen molar-refractivity contribution in [3.8, 4) is 32.0 Å². The van der Waals surface area contributed by atoms with E-state index in [1.807, 2.05) is 35.2 Å². The Labute approximate surface area is 210 Å². The van der Waals surface area contributed by atoms with Crippen LogP contribution in [0.5, 0.6) is 0 Å². The molecule has 3 heterocycles. The number of benzene rings is 5. The normalized spacial score (nSPS) is 12.5. The maximum Gasteiger partial charge on any atom is 0.136 e. The summed E-state index contributed by atoms with van der Waals surface area (Å²) in [6.45, 7) is 0. The highest BCUT2D eigenvalue weighted by molar-refractivity contribution is 7.99. The fraction of sp³-hybridized carbons (Fsp3) is 0. The Hall–Kier alpha value is -3.79. The van der Waals surface area contributed by atoms with Crippen LogP contribution in [0.1, 0.15) is 0 Å². The lowest BCUT2D eigenvalue weighted by atomic mass is 9.96. The van der Waals surface area contributed by atoms with Crippen LogP contribution in [0.4, 0.5) is 0 Å². The number of hydrogen-bond donors (Lipinski definition) is 0. The number of para-hydroxylation sites is 1. The molecule has 0 atom stereocenters. The molecule has 0 saturated carbocycles. The van der Waals surface area contributed by atoms with E-state index in [1.165, 1.54) is 63.3 Å². The van der Waals surface area contributed by atoms with Gasteiger partial charge in [-0.3, -0.25) is 0 Å². The fourth-order valence-corrected chi connectivity index (χ4v) is 7.50. The Morgan fingerprint density at radius 2 is 1.31 bits per heavy atom. The monoisotopic (exact) mass is 482 g/mol. The van der Waals surface area contributed by atoms with Crippen molar-refractivity contribution in [2.75, 3.05) is 0 Å². The number of hydrogen-bond acceptors (Lipinski definition) is 3. The lowest BCUT2D eigenvalue weighted by Crippen LogP contribution is -1.93. The first-order valence-electron chi connectivity index (χ1n) is 11.7. The average Bonchev–Trinajstić information content (AvgIpc) is 3.54. The zero-order chi connectivity index (χ0) is 22.9. The molecule has 0 N–H and O–H groups in total. The topological polar surface area (TPSA) is 13.1 Å². The summed E-state index contributed by atoms with van der Waals surface area (Å²) in [5.74, 6) is 0. The van der Waals surface area contributed by atoms with Gasteiger partial charge < -0.3 is 4.42 Å². The van der Waals surface area contributed by atoms with Crippen LogP contribution < -0.4 is 0 Å². The van der Waals surface area contributed by atoms with Crippen molar-refractivity contribution in [1.29, 1.82) is 0 Å². The van der Waals surface area contributed by atoms with Gasteiger partial charge in [0.25, 0.3) is 0 Å². The zero-order valence-electron chi connectivity index (χ0n) is 18.6. The smallest absolute Gasteiger partial charge is 0.136 e. The molecule has 0 aliphatic carbocycles. The highest BCUT2D eigenvalue weighted by Crippen LogP contribution is 2.49. The summed E-state index contributed by atoms with van der Waals surface area (Å²) < 4.78 is 6.13. The van der Waals surface area contributed by atoms with Crippen LogP contribution in [0, 0.1) is 0 Å². The van der Waals surface area contributed by atoms with Gasteiger partial charge in [0.1, 0.15) is 11.2 Å². The second-order valence-electron chi connectivity index (χ2n) is 8.91. The van der Waals surface area contributed by atoms with Gasteiger partial charge in [-0.1, -0.05) is 78.5 Å². The molecule has 164 valence electrons.